The second-order valence-electron chi connectivity index (χ2n) is 7.24. The van der Waals surface area contributed by atoms with Gasteiger partial charge in [0.25, 0.3) is 11.6 Å². The summed E-state index contributed by atoms with van der Waals surface area (Å²) in [5.74, 6) is 0.726. The molecule has 0 saturated heterocycles. The van der Waals surface area contributed by atoms with Gasteiger partial charge in [-0.3, -0.25) is 14.9 Å². The van der Waals surface area contributed by atoms with E-state index in [1.165, 1.54) is 6.07 Å². The van der Waals surface area contributed by atoms with Crippen molar-refractivity contribution in [3.8, 4) is 11.5 Å². The van der Waals surface area contributed by atoms with Crippen LogP contribution in [0.1, 0.15) is 15.9 Å². The van der Waals surface area contributed by atoms with Crippen LogP contribution in [0.2, 0.25) is 0 Å². The van der Waals surface area contributed by atoms with Gasteiger partial charge in [-0.2, -0.15) is 13.2 Å². The lowest BCUT2D eigenvalue weighted by molar-refractivity contribution is -0.388. The van der Waals surface area contributed by atoms with E-state index in [0.717, 1.165) is 23.9 Å². The number of nitrogens with zero attached hydrogens (tertiary/aromatic N) is 1. The molecular formula is C23H17F3N2O5S. The Bertz CT molecular complexity index is 1240. The molecule has 4 rings (SSSR count). The molecule has 0 spiro atoms. The standard InChI is InChI=1S/C23H17F3N2O5S/c24-23(25,26)14-9-10-21(17(11-14)28(30)31)34-20-8-4-1-5-16(20)22(29)27-12-15-13-32-18-6-2-3-7-19(18)33-15/h1-11,15H,12-13H2,(H,27,29)/t15-/m1/s1. The fraction of sp³-hybridized carbons (Fsp3) is 0.174. The van der Waals surface area contributed by atoms with Gasteiger partial charge in [0.1, 0.15) is 12.7 Å². The fourth-order valence-corrected chi connectivity index (χ4v) is 4.28. The van der Waals surface area contributed by atoms with Crippen LogP contribution >= 0.6 is 11.8 Å². The average molecular weight is 490 g/mol. The van der Waals surface area contributed by atoms with Crippen LogP contribution in [0.4, 0.5) is 18.9 Å². The molecule has 1 heterocycles. The number of carbonyl (C=O) groups is 1. The number of rotatable bonds is 6. The largest absolute Gasteiger partial charge is 0.486 e. The van der Waals surface area contributed by atoms with Gasteiger partial charge in [0.05, 0.1) is 27.5 Å². The van der Waals surface area contributed by atoms with Crippen LogP contribution in [-0.2, 0) is 6.18 Å². The van der Waals surface area contributed by atoms with Gasteiger partial charge in [0.15, 0.2) is 11.5 Å². The predicted octanol–water partition coefficient (Wildman–Crippen LogP) is 5.33. The topological polar surface area (TPSA) is 90.7 Å². The number of nitrogens with one attached hydrogen (secondary N) is 1. The maximum absolute atomic E-state index is 13.0. The first-order valence-electron chi connectivity index (χ1n) is 10.0. The molecule has 0 bridgehead atoms. The molecule has 0 radical (unpaired) electrons. The van der Waals surface area contributed by atoms with Crippen LogP contribution in [0.5, 0.6) is 11.5 Å². The number of fused-ring (bicyclic) bond motifs is 1. The second-order valence-corrected chi connectivity index (χ2v) is 8.33. The summed E-state index contributed by atoms with van der Waals surface area (Å²) >= 11 is 0.843. The number of halogens is 3. The molecular weight excluding hydrogens is 473 g/mol. The molecule has 1 N–H and O–H groups in total. The number of ether oxygens (including phenoxy) is 2. The maximum atomic E-state index is 13.0. The van der Waals surface area contributed by atoms with Crippen molar-refractivity contribution in [3.05, 3.63) is 88.0 Å². The number of hydrogen-bond donors (Lipinski definition) is 1. The third-order valence-corrected chi connectivity index (χ3v) is 6.03. The number of carbonyl (C=O) groups excluding carboxylic acids is 1. The molecule has 0 unspecified atom stereocenters. The van der Waals surface area contributed by atoms with Crippen LogP contribution in [0.15, 0.2) is 76.5 Å². The Morgan fingerprint density at radius 3 is 2.50 bits per heavy atom. The highest BCUT2D eigenvalue weighted by atomic mass is 32.2. The molecule has 0 fully saturated rings. The highest BCUT2D eigenvalue weighted by Gasteiger charge is 2.33. The molecule has 1 atom stereocenters. The van der Waals surface area contributed by atoms with Crippen molar-refractivity contribution in [1.82, 2.24) is 5.32 Å². The molecule has 176 valence electrons. The second kappa shape index (κ2) is 9.64. The molecule has 34 heavy (non-hydrogen) atoms. The lowest BCUT2D eigenvalue weighted by Crippen LogP contribution is -2.40. The lowest BCUT2D eigenvalue weighted by Gasteiger charge is -2.26. The summed E-state index contributed by atoms with van der Waals surface area (Å²) in [4.78, 5) is 23.7. The van der Waals surface area contributed by atoms with E-state index in [-0.39, 0.29) is 23.6 Å². The summed E-state index contributed by atoms with van der Waals surface area (Å²) in [6.45, 7) is 0.387. The first-order chi connectivity index (χ1) is 16.2. The first kappa shape index (κ1) is 23.4. The predicted molar refractivity (Wildman–Crippen MR) is 117 cm³/mol. The van der Waals surface area contributed by atoms with E-state index in [1.807, 2.05) is 6.07 Å². The molecule has 7 nitrogen and oxygen atoms in total. The Morgan fingerprint density at radius 1 is 1.06 bits per heavy atom. The summed E-state index contributed by atoms with van der Waals surface area (Å²) in [6.07, 6.45) is -5.13. The molecule has 3 aromatic carbocycles. The highest BCUT2D eigenvalue weighted by molar-refractivity contribution is 7.99. The van der Waals surface area contributed by atoms with Gasteiger partial charge >= 0.3 is 6.18 Å². The molecule has 1 aliphatic rings. The number of nitro benzene ring substituents is 1. The van der Waals surface area contributed by atoms with Gasteiger partial charge in [0.2, 0.25) is 0 Å². The van der Waals surface area contributed by atoms with Crippen molar-refractivity contribution >= 4 is 23.4 Å². The number of hydrogen-bond acceptors (Lipinski definition) is 6. The summed E-state index contributed by atoms with van der Waals surface area (Å²) in [5.41, 5.74) is -1.59. The monoisotopic (exact) mass is 490 g/mol. The van der Waals surface area contributed by atoms with Crippen molar-refractivity contribution in [2.24, 2.45) is 0 Å². The van der Waals surface area contributed by atoms with E-state index < -0.39 is 34.4 Å². The number of alkyl halides is 3. The first-order valence-corrected chi connectivity index (χ1v) is 10.8. The van der Waals surface area contributed by atoms with Gasteiger partial charge in [-0.15, -0.1) is 0 Å². The van der Waals surface area contributed by atoms with E-state index >= 15 is 0 Å². The van der Waals surface area contributed by atoms with Crippen molar-refractivity contribution in [3.63, 3.8) is 0 Å². The van der Waals surface area contributed by atoms with Crippen LogP contribution in [0, 0.1) is 10.1 Å². The van der Waals surface area contributed by atoms with Gasteiger partial charge in [-0.05, 0) is 36.4 Å². The number of amides is 1. The van der Waals surface area contributed by atoms with Crippen molar-refractivity contribution < 1.29 is 32.4 Å². The van der Waals surface area contributed by atoms with E-state index in [1.54, 1.807) is 36.4 Å². The molecule has 0 aliphatic carbocycles. The smallest absolute Gasteiger partial charge is 0.416 e. The number of benzene rings is 3. The zero-order chi connectivity index (χ0) is 24.3. The minimum atomic E-state index is -4.71. The van der Waals surface area contributed by atoms with E-state index in [2.05, 4.69) is 5.32 Å². The van der Waals surface area contributed by atoms with Crippen molar-refractivity contribution in [1.29, 1.82) is 0 Å². The van der Waals surface area contributed by atoms with Crippen LogP contribution in [-0.4, -0.2) is 30.1 Å². The van der Waals surface area contributed by atoms with Crippen molar-refractivity contribution in [2.75, 3.05) is 13.2 Å². The fourth-order valence-electron chi connectivity index (χ4n) is 3.25. The van der Waals surface area contributed by atoms with Crippen LogP contribution in [0.3, 0.4) is 0 Å². The highest BCUT2D eigenvalue weighted by Crippen LogP contribution is 2.40. The molecule has 0 saturated carbocycles. The quantitative estimate of drug-likeness (QED) is 0.371. The molecule has 1 amide bonds. The number of nitro groups is 1. The minimum Gasteiger partial charge on any atom is -0.486 e. The molecule has 0 aromatic heterocycles. The van der Waals surface area contributed by atoms with Crippen LogP contribution in [0.25, 0.3) is 0 Å². The summed E-state index contributed by atoms with van der Waals surface area (Å²) in [5, 5.41) is 14.1. The summed E-state index contributed by atoms with van der Waals surface area (Å²) in [7, 11) is 0. The zero-order valence-corrected chi connectivity index (χ0v) is 18.2. The normalized spacial score (nSPS) is 15.0. The summed E-state index contributed by atoms with van der Waals surface area (Å²) in [6, 6.07) is 15.8. The Morgan fingerprint density at radius 2 is 1.76 bits per heavy atom. The van der Waals surface area contributed by atoms with Gasteiger partial charge in [-0.1, -0.05) is 36.0 Å². The van der Waals surface area contributed by atoms with E-state index in [9.17, 15) is 28.1 Å². The van der Waals surface area contributed by atoms with Gasteiger partial charge in [-0.25, -0.2) is 0 Å². The van der Waals surface area contributed by atoms with Crippen molar-refractivity contribution in [2.45, 2.75) is 22.1 Å². The Balaban J connectivity index is 1.49. The third-order valence-electron chi connectivity index (χ3n) is 4.89. The Hall–Kier alpha value is -3.73. The van der Waals surface area contributed by atoms with E-state index in [0.29, 0.717) is 22.5 Å². The van der Waals surface area contributed by atoms with Gasteiger partial charge in [0, 0.05) is 11.0 Å². The molecule has 3 aromatic rings. The average Bonchev–Trinajstić information content (AvgIpc) is 2.82. The SMILES string of the molecule is O=C(NC[C@@H]1COc2ccccc2O1)c1ccccc1Sc1ccc(C(F)(F)F)cc1[N+](=O)[O-]. The van der Waals surface area contributed by atoms with E-state index in [4.69, 9.17) is 9.47 Å². The maximum Gasteiger partial charge on any atom is 0.416 e. The third kappa shape index (κ3) is 5.25. The Kier molecular flexibility index (Phi) is 6.64. The lowest BCUT2D eigenvalue weighted by atomic mass is 10.2. The minimum absolute atomic E-state index is 0.0149. The molecule has 1 aliphatic heterocycles. The zero-order valence-electron chi connectivity index (χ0n) is 17.4. The van der Waals surface area contributed by atoms with Gasteiger partial charge < -0.3 is 14.8 Å². The van der Waals surface area contributed by atoms with Crippen LogP contribution < -0.4 is 14.8 Å². The molecule has 11 heteroatoms. The summed E-state index contributed by atoms with van der Waals surface area (Å²) < 4.78 is 50.4. The Labute approximate surface area is 196 Å². The number of para-hydroxylation sites is 2.